The summed E-state index contributed by atoms with van der Waals surface area (Å²) in [5, 5.41) is 10.2. The van der Waals surface area contributed by atoms with Gasteiger partial charge >= 0.3 is 0 Å². The first-order chi connectivity index (χ1) is 19.5. The molecule has 0 amide bonds. The van der Waals surface area contributed by atoms with E-state index in [9.17, 15) is 14.7 Å². The molecule has 0 atom stereocenters. The van der Waals surface area contributed by atoms with Crippen LogP contribution in [0.2, 0.25) is 0 Å². The van der Waals surface area contributed by atoms with Gasteiger partial charge in [0.1, 0.15) is 17.2 Å². The van der Waals surface area contributed by atoms with Crippen LogP contribution in [0.15, 0.2) is 91.0 Å². The van der Waals surface area contributed by atoms with Crippen molar-refractivity contribution in [2.75, 3.05) is 0 Å². The Balaban J connectivity index is 0.000000170. The fourth-order valence-electron chi connectivity index (χ4n) is 4.31. The zero-order valence-electron chi connectivity index (χ0n) is 22.9. The van der Waals surface area contributed by atoms with Crippen LogP contribution >= 0.6 is 34.8 Å². The molecule has 6 nitrogen and oxygen atoms in total. The highest BCUT2D eigenvalue weighted by Crippen LogP contribution is 2.35. The molecular formula is C32H32Cl3N3O3. The molecular weight excluding hydrogens is 581 g/mol. The summed E-state index contributed by atoms with van der Waals surface area (Å²) in [6.07, 6.45) is 4.26. The number of Topliss-reactive ketones (excluding diaryl/α,β-unsaturated/α-hetero) is 1. The van der Waals surface area contributed by atoms with Crippen LogP contribution in [0.3, 0.4) is 0 Å². The van der Waals surface area contributed by atoms with Crippen molar-refractivity contribution >= 4 is 46.4 Å². The fourth-order valence-corrected chi connectivity index (χ4v) is 4.56. The lowest BCUT2D eigenvalue weighted by Gasteiger charge is -2.30. The number of carbonyl (C=O) groups is 2. The molecule has 1 saturated carbocycles. The lowest BCUT2D eigenvalue weighted by Crippen LogP contribution is -2.40. The maximum atomic E-state index is 12.1. The Labute approximate surface area is 255 Å². The van der Waals surface area contributed by atoms with Crippen LogP contribution in [0.4, 0.5) is 0 Å². The summed E-state index contributed by atoms with van der Waals surface area (Å²) in [7, 11) is 0. The maximum Gasteiger partial charge on any atom is 0.250 e. The lowest BCUT2D eigenvalue weighted by atomic mass is 9.79. The molecule has 214 valence electrons. The summed E-state index contributed by atoms with van der Waals surface area (Å²) in [5.74, 6) is 1.22. The normalized spacial score (nSPS) is 14.0. The number of carbonyl (C=O) groups excluding carboxylic acids is 2. The molecule has 1 aliphatic rings. The van der Waals surface area contributed by atoms with Gasteiger partial charge in [-0.05, 0) is 26.7 Å². The standard InChI is InChI=1S/C13H16O2.C13H10O.C6H6Cl3N3/c14-12(11-7-3-1-4-8-11)13(15)9-5-2-6-10-13;14-13(11-7-3-1-4-8-11)12-9-5-2-6-10-12;1-3-10-4(2)12-5(11-3)6(7,8)9/h1,3-4,7-8,15H,2,5-6,9-10H2;1-10H;1-2H3. The summed E-state index contributed by atoms with van der Waals surface area (Å²) in [6.45, 7) is 3.43. The van der Waals surface area contributed by atoms with Gasteiger partial charge in [0.05, 0.1) is 0 Å². The number of halogens is 3. The van der Waals surface area contributed by atoms with E-state index in [1.54, 1.807) is 26.0 Å². The molecule has 3 aromatic carbocycles. The molecule has 1 heterocycles. The molecule has 1 N–H and O–H groups in total. The van der Waals surface area contributed by atoms with E-state index in [-0.39, 0.29) is 17.4 Å². The summed E-state index contributed by atoms with van der Waals surface area (Å²) in [4.78, 5) is 35.6. The van der Waals surface area contributed by atoms with E-state index in [1.807, 2.05) is 78.9 Å². The van der Waals surface area contributed by atoms with Crippen molar-refractivity contribution < 1.29 is 14.7 Å². The van der Waals surface area contributed by atoms with Gasteiger partial charge in [-0.2, -0.15) is 0 Å². The second kappa shape index (κ2) is 15.2. The third-order valence-electron chi connectivity index (χ3n) is 6.32. The largest absolute Gasteiger partial charge is 0.382 e. The highest BCUT2D eigenvalue weighted by Gasteiger charge is 2.37. The highest BCUT2D eigenvalue weighted by atomic mass is 35.6. The van der Waals surface area contributed by atoms with Crippen LogP contribution in [0.1, 0.15) is 75.9 Å². The van der Waals surface area contributed by atoms with Crippen molar-refractivity contribution in [2.24, 2.45) is 0 Å². The smallest absolute Gasteiger partial charge is 0.250 e. The first-order valence-corrected chi connectivity index (χ1v) is 14.4. The van der Waals surface area contributed by atoms with E-state index < -0.39 is 9.39 Å². The maximum absolute atomic E-state index is 12.1. The number of aryl methyl sites for hydroxylation is 2. The molecule has 1 aromatic heterocycles. The topological polar surface area (TPSA) is 93.0 Å². The van der Waals surface area contributed by atoms with Gasteiger partial charge in [-0.15, -0.1) is 0 Å². The van der Waals surface area contributed by atoms with Gasteiger partial charge in [0, 0.05) is 16.7 Å². The molecule has 1 fully saturated rings. The molecule has 0 spiro atoms. The first-order valence-electron chi connectivity index (χ1n) is 13.2. The number of aliphatic hydroxyl groups is 1. The van der Waals surface area contributed by atoms with E-state index in [0.29, 0.717) is 30.1 Å². The van der Waals surface area contributed by atoms with Crippen LogP contribution < -0.4 is 0 Å². The Bertz CT molecular complexity index is 1350. The van der Waals surface area contributed by atoms with Crippen molar-refractivity contribution in [3.8, 4) is 0 Å². The van der Waals surface area contributed by atoms with Crippen molar-refractivity contribution in [3.05, 3.63) is 125 Å². The third-order valence-corrected chi connectivity index (χ3v) is 6.83. The van der Waals surface area contributed by atoms with E-state index in [2.05, 4.69) is 15.0 Å². The Morgan fingerprint density at radius 3 is 1.44 bits per heavy atom. The third kappa shape index (κ3) is 10.0. The number of ketones is 2. The lowest BCUT2D eigenvalue weighted by molar-refractivity contribution is 0.0116. The molecule has 41 heavy (non-hydrogen) atoms. The molecule has 5 rings (SSSR count). The van der Waals surface area contributed by atoms with Crippen molar-refractivity contribution in [3.63, 3.8) is 0 Å². The molecule has 0 aliphatic heterocycles. The second-order valence-corrected chi connectivity index (χ2v) is 11.9. The van der Waals surface area contributed by atoms with Crippen molar-refractivity contribution in [1.82, 2.24) is 15.0 Å². The van der Waals surface area contributed by atoms with Gasteiger partial charge in [-0.25, -0.2) is 15.0 Å². The van der Waals surface area contributed by atoms with Crippen LogP contribution in [0.5, 0.6) is 0 Å². The average molecular weight is 613 g/mol. The number of aromatic nitrogens is 3. The number of alkyl halides is 3. The molecule has 0 bridgehead atoms. The Kier molecular flexibility index (Phi) is 12.0. The highest BCUT2D eigenvalue weighted by molar-refractivity contribution is 6.66. The molecule has 0 radical (unpaired) electrons. The molecule has 9 heteroatoms. The predicted octanol–water partition coefficient (Wildman–Crippen LogP) is 7.80. The zero-order chi connectivity index (χ0) is 29.9. The number of benzene rings is 3. The average Bonchev–Trinajstić information content (AvgIpc) is 2.98. The molecule has 1 aliphatic carbocycles. The number of hydrogen-bond donors (Lipinski definition) is 1. The van der Waals surface area contributed by atoms with E-state index in [1.165, 1.54) is 0 Å². The van der Waals surface area contributed by atoms with E-state index >= 15 is 0 Å². The molecule has 0 unspecified atom stereocenters. The fraction of sp³-hybridized carbons (Fsp3) is 0.281. The zero-order valence-corrected chi connectivity index (χ0v) is 25.2. The van der Waals surface area contributed by atoms with Crippen LogP contribution in [0, 0.1) is 13.8 Å². The summed E-state index contributed by atoms with van der Waals surface area (Å²) in [5.41, 5.74) is 0.999. The monoisotopic (exact) mass is 611 g/mol. The van der Waals surface area contributed by atoms with Gasteiger partial charge in [0.25, 0.3) is 0 Å². The number of hydrogen-bond acceptors (Lipinski definition) is 6. The van der Waals surface area contributed by atoms with Gasteiger partial charge in [0.2, 0.25) is 3.79 Å². The van der Waals surface area contributed by atoms with Crippen LogP contribution in [-0.2, 0) is 3.79 Å². The summed E-state index contributed by atoms with van der Waals surface area (Å²) in [6, 6.07) is 27.7. The van der Waals surface area contributed by atoms with Crippen LogP contribution in [-0.4, -0.2) is 37.2 Å². The number of nitrogens with zero attached hydrogens (tertiary/aromatic N) is 3. The first kappa shape index (κ1) is 32.4. The molecule has 0 saturated heterocycles. The van der Waals surface area contributed by atoms with Crippen molar-refractivity contribution in [1.29, 1.82) is 0 Å². The van der Waals surface area contributed by atoms with Gasteiger partial charge in [0.15, 0.2) is 17.4 Å². The Morgan fingerprint density at radius 2 is 1.05 bits per heavy atom. The van der Waals surface area contributed by atoms with Gasteiger partial charge in [-0.1, -0.05) is 145 Å². The minimum atomic E-state index is -1.57. The van der Waals surface area contributed by atoms with E-state index in [4.69, 9.17) is 34.8 Å². The SMILES string of the molecule is Cc1nc(C)nc(C(Cl)(Cl)Cl)n1.O=C(c1ccccc1)C1(O)CCCCC1.O=C(c1ccccc1)c1ccccc1. The number of rotatable bonds is 4. The minimum absolute atomic E-state index is 0.0752. The van der Waals surface area contributed by atoms with E-state index in [0.717, 1.165) is 30.4 Å². The minimum Gasteiger partial charge on any atom is -0.382 e. The summed E-state index contributed by atoms with van der Waals surface area (Å²) < 4.78 is -1.57. The van der Waals surface area contributed by atoms with Gasteiger partial charge < -0.3 is 5.11 Å². The van der Waals surface area contributed by atoms with Crippen molar-refractivity contribution in [2.45, 2.75) is 55.3 Å². The second-order valence-electron chi connectivity index (χ2n) is 9.60. The van der Waals surface area contributed by atoms with Gasteiger partial charge in [-0.3, -0.25) is 9.59 Å². The Hall–Kier alpha value is -3.16. The Morgan fingerprint density at radius 1 is 0.659 bits per heavy atom. The quantitative estimate of drug-likeness (QED) is 0.187. The summed E-state index contributed by atoms with van der Waals surface area (Å²) >= 11 is 16.7. The predicted molar refractivity (Wildman–Crippen MR) is 164 cm³/mol. The molecule has 4 aromatic rings. The van der Waals surface area contributed by atoms with Crippen LogP contribution in [0.25, 0.3) is 0 Å².